The van der Waals surface area contributed by atoms with Crippen molar-refractivity contribution >= 4 is 11.3 Å². The molecule has 0 atom stereocenters. The minimum absolute atomic E-state index is 0.672. The lowest BCUT2D eigenvalue weighted by atomic mass is 10.1. The monoisotopic (exact) mass is 511 g/mol. The van der Waals surface area contributed by atoms with Gasteiger partial charge >= 0.3 is 0 Å². The summed E-state index contributed by atoms with van der Waals surface area (Å²) in [6.45, 7) is 12.1. The fraction of sp³-hybridized carbons (Fsp3) is 0.393. The van der Waals surface area contributed by atoms with E-state index < -0.39 is 0 Å². The van der Waals surface area contributed by atoms with Crippen LogP contribution in [0.2, 0.25) is 0 Å². The molecule has 0 radical (unpaired) electrons. The SMILES string of the molecule is CC.CC.CCCc1cc(-c2ccc(C#N)s2)no1.CCc1cc(-c2cccc(OC)c2OC)no1. The highest BCUT2D eigenvalue weighted by Gasteiger charge is 2.14. The Hall–Kier alpha value is -3.57. The number of para-hydroxylation sites is 1. The van der Waals surface area contributed by atoms with Gasteiger partial charge in [-0.2, -0.15) is 5.26 Å². The van der Waals surface area contributed by atoms with Gasteiger partial charge in [0.2, 0.25) is 0 Å². The Morgan fingerprint density at radius 1 is 0.889 bits per heavy atom. The molecule has 0 spiro atoms. The van der Waals surface area contributed by atoms with Crippen LogP contribution in [0.1, 0.15) is 64.4 Å². The third-order valence-electron chi connectivity index (χ3n) is 4.61. The average Bonchev–Trinajstić information content (AvgIpc) is 3.72. The van der Waals surface area contributed by atoms with Crippen molar-refractivity contribution in [2.45, 2.75) is 60.8 Å². The molecule has 0 bridgehead atoms. The van der Waals surface area contributed by atoms with Crippen LogP contribution in [0.3, 0.4) is 0 Å². The van der Waals surface area contributed by atoms with Crippen molar-refractivity contribution in [1.29, 1.82) is 5.26 Å². The molecule has 3 aromatic heterocycles. The van der Waals surface area contributed by atoms with Gasteiger partial charge in [-0.3, -0.25) is 0 Å². The average molecular weight is 512 g/mol. The number of benzene rings is 1. The van der Waals surface area contributed by atoms with Gasteiger partial charge in [-0.1, -0.05) is 57.9 Å². The van der Waals surface area contributed by atoms with Crippen LogP contribution in [0.4, 0.5) is 0 Å². The quantitative estimate of drug-likeness (QED) is 0.247. The molecule has 0 saturated heterocycles. The lowest BCUT2D eigenvalue weighted by Gasteiger charge is -2.10. The summed E-state index contributed by atoms with van der Waals surface area (Å²) in [5.41, 5.74) is 2.46. The summed E-state index contributed by atoms with van der Waals surface area (Å²) >= 11 is 1.43. The molecule has 3 heterocycles. The largest absolute Gasteiger partial charge is 0.493 e. The first-order chi connectivity index (χ1) is 17.6. The van der Waals surface area contributed by atoms with Gasteiger partial charge in [-0.15, -0.1) is 11.3 Å². The van der Waals surface area contributed by atoms with Crippen molar-refractivity contribution in [1.82, 2.24) is 10.3 Å². The van der Waals surface area contributed by atoms with Crippen molar-refractivity contribution < 1.29 is 18.5 Å². The first-order valence-electron chi connectivity index (χ1n) is 12.3. The van der Waals surface area contributed by atoms with Gasteiger partial charge in [0.15, 0.2) is 11.5 Å². The molecule has 0 N–H and O–H groups in total. The first-order valence-corrected chi connectivity index (χ1v) is 13.1. The smallest absolute Gasteiger partial charge is 0.170 e. The van der Waals surface area contributed by atoms with Gasteiger partial charge in [0.25, 0.3) is 0 Å². The van der Waals surface area contributed by atoms with Crippen LogP contribution in [-0.4, -0.2) is 24.5 Å². The maximum Gasteiger partial charge on any atom is 0.170 e. The molecular formula is C28H37N3O4S. The van der Waals surface area contributed by atoms with Gasteiger partial charge in [-0.05, 0) is 30.7 Å². The predicted molar refractivity (Wildman–Crippen MR) is 146 cm³/mol. The van der Waals surface area contributed by atoms with E-state index >= 15 is 0 Å². The third-order valence-corrected chi connectivity index (χ3v) is 5.62. The van der Waals surface area contributed by atoms with Gasteiger partial charge in [-0.25, -0.2) is 0 Å². The van der Waals surface area contributed by atoms with Crippen LogP contribution in [-0.2, 0) is 12.8 Å². The molecule has 0 aliphatic heterocycles. The predicted octanol–water partition coefficient (Wildman–Crippen LogP) is 8.20. The number of hydrogen-bond acceptors (Lipinski definition) is 8. The number of aromatic nitrogens is 2. The second kappa shape index (κ2) is 17.0. The van der Waals surface area contributed by atoms with Crippen molar-refractivity contribution in [3.05, 3.63) is 58.9 Å². The summed E-state index contributed by atoms with van der Waals surface area (Å²) in [5, 5.41) is 16.7. The number of ether oxygens (including phenoxy) is 2. The van der Waals surface area contributed by atoms with Crippen LogP contribution in [0, 0.1) is 11.3 Å². The van der Waals surface area contributed by atoms with Crippen molar-refractivity contribution in [2.24, 2.45) is 0 Å². The molecular weight excluding hydrogens is 474 g/mol. The van der Waals surface area contributed by atoms with Crippen LogP contribution >= 0.6 is 11.3 Å². The molecule has 0 saturated carbocycles. The fourth-order valence-corrected chi connectivity index (χ4v) is 3.78. The van der Waals surface area contributed by atoms with Crippen molar-refractivity contribution in [3.8, 4) is 39.4 Å². The molecule has 4 rings (SSSR count). The van der Waals surface area contributed by atoms with Gasteiger partial charge in [0.05, 0.1) is 19.1 Å². The fourth-order valence-electron chi connectivity index (χ4n) is 3.02. The zero-order valence-corrected chi connectivity index (χ0v) is 23.4. The Labute approximate surface area is 218 Å². The van der Waals surface area contributed by atoms with E-state index in [4.69, 9.17) is 23.8 Å². The molecule has 0 aliphatic carbocycles. The summed E-state index contributed by atoms with van der Waals surface area (Å²) < 4.78 is 21.0. The summed E-state index contributed by atoms with van der Waals surface area (Å²) in [4.78, 5) is 1.68. The molecule has 194 valence electrons. The highest BCUT2D eigenvalue weighted by Crippen LogP contribution is 2.37. The van der Waals surface area contributed by atoms with Crippen molar-refractivity contribution in [2.75, 3.05) is 14.2 Å². The highest BCUT2D eigenvalue weighted by molar-refractivity contribution is 7.15. The van der Waals surface area contributed by atoms with Crippen LogP contribution in [0.25, 0.3) is 21.8 Å². The lowest BCUT2D eigenvalue weighted by molar-refractivity contribution is 0.355. The van der Waals surface area contributed by atoms with E-state index in [0.29, 0.717) is 16.4 Å². The van der Waals surface area contributed by atoms with Crippen LogP contribution in [0.15, 0.2) is 51.5 Å². The van der Waals surface area contributed by atoms with E-state index in [1.165, 1.54) is 11.3 Å². The number of hydrogen-bond donors (Lipinski definition) is 0. The normalized spacial score (nSPS) is 9.42. The number of aryl methyl sites for hydroxylation is 2. The van der Waals surface area contributed by atoms with Crippen molar-refractivity contribution in [3.63, 3.8) is 0 Å². The van der Waals surface area contributed by atoms with E-state index in [-0.39, 0.29) is 0 Å². The Morgan fingerprint density at radius 2 is 1.56 bits per heavy atom. The zero-order chi connectivity index (χ0) is 26.9. The Balaban J connectivity index is 0.000000318. The van der Waals surface area contributed by atoms with Crippen LogP contribution < -0.4 is 9.47 Å². The van der Waals surface area contributed by atoms with E-state index in [0.717, 1.165) is 52.6 Å². The van der Waals surface area contributed by atoms with E-state index in [1.54, 1.807) is 20.3 Å². The molecule has 36 heavy (non-hydrogen) atoms. The molecule has 1 aromatic carbocycles. The second-order valence-electron chi connectivity index (χ2n) is 6.78. The highest BCUT2D eigenvalue weighted by atomic mass is 32.1. The Kier molecular flexibility index (Phi) is 14.3. The second-order valence-corrected chi connectivity index (χ2v) is 7.86. The molecule has 8 heteroatoms. The minimum atomic E-state index is 0.672. The maximum absolute atomic E-state index is 8.70. The van der Waals surface area contributed by atoms with E-state index in [9.17, 15) is 0 Å². The summed E-state index contributed by atoms with van der Waals surface area (Å²) in [5.74, 6) is 3.11. The molecule has 4 aromatic rings. The molecule has 0 amide bonds. The number of nitrogens with zero attached hydrogens (tertiary/aromatic N) is 3. The lowest BCUT2D eigenvalue weighted by Crippen LogP contribution is -1.93. The zero-order valence-electron chi connectivity index (χ0n) is 22.5. The molecule has 0 unspecified atom stereocenters. The molecule has 0 aliphatic rings. The first kappa shape index (κ1) is 30.5. The number of nitriles is 1. The van der Waals surface area contributed by atoms with Gasteiger partial charge in [0.1, 0.15) is 33.9 Å². The number of thiophene rings is 1. The molecule has 7 nitrogen and oxygen atoms in total. The summed E-state index contributed by atoms with van der Waals surface area (Å²) in [6, 6.07) is 15.3. The molecule has 0 fully saturated rings. The van der Waals surface area contributed by atoms with E-state index in [1.807, 2.05) is 71.0 Å². The minimum Gasteiger partial charge on any atom is -0.493 e. The third kappa shape index (κ3) is 8.28. The Morgan fingerprint density at radius 3 is 2.11 bits per heavy atom. The van der Waals surface area contributed by atoms with Crippen LogP contribution in [0.5, 0.6) is 11.5 Å². The number of rotatable bonds is 7. The van der Waals surface area contributed by atoms with Gasteiger partial charge in [0, 0.05) is 30.5 Å². The Bertz CT molecular complexity index is 1190. The standard InChI is InChI=1S/C13H15NO3.C11H10N2OS.2C2H6/c1-4-9-8-11(14-17-9)10-6-5-7-12(15-2)13(10)16-3;1-2-3-8-6-10(13-14-8)11-5-4-9(7-12)15-11;2*1-2/h5-8H,4H2,1-3H3;4-6H,2-3H2,1H3;2*1-2H3. The topological polar surface area (TPSA) is 94.3 Å². The maximum atomic E-state index is 8.70. The number of methoxy groups -OCH3 is 2. The summed E-state index contributed by atoms with van der Waals surface area (Å²) in [6.07, 6.45) is 2.77. The van der Waals surface area contributed by atoms with Gasteiger partial charge < -0.3 is 18.5 Å². The summed E-state index contributed by atoms with van der Waals surface area (Å²) in [7, 11) is 3.23. The van der Waals surface area contributed by atoms with E-state index in [2.05, 4.69) is 23.3 Å².